The Balaban J connectivity index is 1.61. The number of ether oxygens (including phenoxy) is 2. The highest BCUT2D eigenvalue weighted by molar-refractivity contribution is 6.69. The maximum absolute atomic E-state index is 12.6. The van der Waals surface area contributed by atoms with E-state index in [9.17, 15) is 4.79 Å². The number of aliphatic imine (C=N–C) groups is 3. The van der Waals surface area contributed by atoms with Crippen LogP contribution in [0, 0.1) is 0 Å². The highest BCUT2D eigenvalue weighted by atomic mass is 16.5. The Morgan fingerprint density at radius 2 is 1.59 bits per heavy atom. The van der Waals surface area contributed by atoms with Gasteiger partial charge in [0, 0.05) is 13.0 Å². The van der Waals surface area contributed by atoms with Crippen LogP contribution in [0.25, 0.3) is 0 Å². The van der Waals surface area contributed by atoms with E-state index >= 15 is 0 Å². The van der Waals surface area contributed by atoms with Gasteiger partial charge in [0.2, 0.25) is 0 Å². The molecule has 0 fully saturated rings. The number of amidine groups is 1. The second-order valence-corrected chi connectivity index (χ2v) is 6.70. The van der Waals surface area contributed by atoms with E-state index < -0.39 is 5.79 Å². The average Bonchev–Trinajstić information content (AvgIpc) is 3.22. The van der Waals surface area contributed by atoms with Crippen molar-refractivity contribution in [3.63, 3.8) is 0 Å². The van der Waals surface area contributed by atoms with Crippen LogP contribution in [0.5, 0.6) is 11.5 Å². The van der Waals surface area contributed by atoms with Crippen molar-refractivity contribution < 1.29 is 14.3 Å². The summed E-state index contributed by atoms with van der Waals surface area (Å²) in [4.78, 5) is 25.4. The summed E-state index contributed by atoms with van der Waals surface area (Å²) >= 11 is 0. The summed E-state index contributed by atoms with van der Waals surface area (Å²) in [5, 5.41) is 6.36. The SMILES string of the molecule is COc1ccc(CNC2(Cc3ccc(OC)cc3)N=C3N=CN=C3C(=O)N2)cc1. The predicted octanol–water partition coefficient (Wildman–Crippen LogP) is 1.70. The lowest BCUT2D eigenvalue weighted by molar-refractivity contribution is -0.117. The molecule has 0 aromatic heterocycles. The fourth-order valence-corrected chi connectivity index (χ4v) is 3.22. The molecule has 8 nitrogen and oxygen atoms in total. The third-order valence-electron chi connectivity index (χ3n) is 4.77. The van der Waals surface area contributed by atoms with Crippen LogP contribution in [0.15, 0.2) is 63.5 Å². The van der Waals surface area contributed by atoms with Gasteiger partial charge in [-0.3, -0.25) is 10.1 Å². The molecular weight excluding hydrogens is 370 g/mol. The molecule has 148 valence electrons. The minimum Gasteiger partial charge on any atom is -0.497 e. The van der Waals surface area contributed by atoms with Gasteiger partial charge in [0.1, 0.15) is 17.8 Å². The van der Waals surface area contributed by atoms with Crippen LogP contribution in [0.2, 0.25) is 0 Å². The van der Waals surface area contributed by atoms with E-state index in [-0.39, 0.29) is 11.6 Å². The molecule has 2 aliphatic heterocycles. The molecule has 0 aliphatic carbocycles. The Kier molecular flexibility index (Phi) is 5.09. The van der Waals surface area contributed by atoms with Crippen LogP contribution in [-0.4, -0.2) is 43.8 Å². The maximum atomic E-state index is 12.6. The minimum absolute atomic E-state index is 0.238. The molecule has 1 unspecified atom stereocenters. The Morgan fingerprint density at radius 1 is 0.966 bits per heavy atom. The maximum Gasteiger partial charge on any atom is 0.276 e. The zero-order valence-electron chi connectivity index (χ0n) is 16.2. The summed E-state index contributed by atoms with van der Waals surface area (Å²) in [6.45, 7) is 0.493. The standard InChI is InChI=1S/C21H21N5O3/c1-28-16-7-3-14(4-8-16)11-21(24-12-15-5-9-17(29-2)10-6-15)25-19-18(20(27)26-21)22-13-23-19/h3-10,13,24H,11-12H2,1-2H3,(H,26,27). The Bertz CT molecular complexity index is 996. The number of hydrogen-bond acceptors (Lipinski definition) is 7. The van der Waals surface area contributed by atoms with Crippen LogP contribution >= 0.6 is 0 Å². The van der Waals surface area contributed by atoms with Crippen LogP contribution in [0.3, 0.4) is 0 Å². The second kappa shape index (κ2) is 7.84. The largest absolute Gasteiger partial charge is 0.497 e. The highest BCUT2D eigenvalue weighted by Gasteiger charge is 2.40. The number of fused-ring (bicyclic) bond motifs is 1. The molecule has 2 N–H and O–H groups in total. The molecule has 0 radical (unpaired) electrons. The lowest BCUT2D eigenvalue weighted by Gasteiger charge is -2.35. The first kappa shape index (κ1) is 18.8. The number of nitrogens with one attached hydrogen (secondary N) is 2. The Labute approximate surface area is 168 Å². The van der Waals surface area contributed by atoms with E-state index in [0.717, 1.165) is 22.6 Å². The number of methoxy groups -OCH3 is 2. The molecule has 0 saturated carbocycles. The van der Waals surface area contributed by atoms with Gasteiger partial charge >= 0.3 is 0 Å². The Morgan fingerprint density at radius 3 is 2.21 bits per heavy atom. The molecule has 8 heteroatoms. The van der Waals surface area contributed by atoms with Gasteiger partial charge in [-0.2, -0.15) is 0 Å². The smallest absolute Gasteiger partial charge is 0.276 e. The lowest BCUT2D eigenvalue weighted by Crippen LogP contribution is -2.63. The minimum atomic E-state index is -1.04. The van der Waals surface area contributed by atoms with Crippen LogP contribution in [0.4, 0.5) is 0 Å². The second-order valence-electron chi connectivity index (χ2n) is 6.70. The van der Waals surface area contributed by atoms with E-state index in [1.54, 1.807) is 14.2 Å². The molecule has 2 aliphatic rings. The van der Waals surface area contributed by atoms with Crippen molar-refractivity contribution in [3.8, 4) is 11.5 Å². The highest BCUT2D eigenvalue weighted by Crippen LogP contribution is 2.21. The van der Waals surface area contributed by atoms with Gasteiger partial charge in [0.25, 0.3) is 5.91 Å². The summed E-state index contributed by atoms with van der Waals surface area (Å²) in [5.41, 5.74) is 2.25. The number of carbonyl (C=O) groups is 1. The molecule has 0 spiro atoms. The van der Waals surface area contributed by atoms with Gasteiger partial charge in [0.15, 0.2) is 17.3 Å². The van der Waals surface area contributed by atoms with Crippen molar-refractivity contribution >= 4 is 23.8 Å². The van der Waals surface area contributed by atoms with Crippen molar-refractivity contribution in [2.75, 3.05) is 14.2 Å². The summed E-state index contributed by atoms with van der Waals surface area (Å²) in [5.74, 6) is 0.548. The predicted molar refractivity (Wildman–Crippen MR) is 111 cm³/mol. The van der Waals surface area contributed by atoms with Gasteiger partial charge in [-0.15, -0.1) is 0 Å². The number of benzene rings is 2. The molecule has 4 rings (SSSR count). The van der Waals surface area contributed by atoms with Gasteiger partial charge in [-0.05, 0) is 35.4 Å². The quantitative estimate of drug-likeness (QED) is 0.751. The van der Waals surface area contributed by atoms with Crippen molar-refractivity contribution in [1.82, 2.24) is 10.6 Å². The molecule has 2 heterocycles. The van der Waals surface area contributed by atoms with Crippen LogP contribution < -0.4 is 20.1 Å². The number of nitrogens with zero attached hydrogens (tertiary/aromatic N) is 3. The van der Waals surface area contributed by atoms with E-state index in [2.05, 4.69) is 20.6 Å². The van der Waals surface area contributed by atoms with Crippen molar-refractivity contribution in [2.45, 2.75) is 18.8 Å². The van der Waals surface area contributed by atoms with Crippen molar-refractivity contribution in [2.24, 2.45) is 15.0 Å². The molecule has 1 amide bonds. The Hall–Kier alpha value is -3.52. The van der Waals surface area contributed by atoms with Gasteiger partial charge in [0.05, 0.1) is 14.2 Å². The zero-order valence-corrected chi connectivity index (χ0v) is 16.2. The third-order valence-corrected chi connectivity index (χ3v) is 4.77. The number of carbonyl (C=O) groups excluding carboxylic acids is 1. The number of rotatable bonds is 7. The number of hydrogen-bond donors (Lipinski definition) is 2. The van der Waals surface area contributed by atoms with Gasteiger partial charge < -0.3 is 14.8 Å². The average molecular weight is 391 g/mol. The topological polar surface area (TPSA) is 96.7 Å². The van der Waals surface area contributed by atoms with Crippen molar-refractivity contribution in [3.05, 3.63) is 59.7 Å². The molecule has 1 atom stereocenters. The van der Waals surface area contributed by atoms with Crippen LogP contribution in [-0.2, 0) is 17.8 Å². The first-order valence-corrected chi connectivity index (χ1v) is 9.15. The summed E-state index contributed by atoms with van der Waals surface area (Å²) < 4.78 is 10.4. The summed E-state index contributed by atoms with van der Waals surface area (Å²) in [6.07, 6.45) is 1.78. The monoisotopic (exact) mass is 391 g/mol. The van der Waals surface area contributed by atoms with Gasteiger partial charge in [-0.1, -0.05) is 24.3 Å². The zero-order chi connectivity index (χ0) is 20.3. The summed E-state index contributed by atoms with van der Waals surface area (Å²) in [7, 11) is 3.26. The van der Waals surface area contributed by atoms with E-state index in [0.29, 0.717) is 18.8 Å². The van der Waals surface area contributed by atoms with Gasteiger partial charge in [-0.25, -0.2) is 15.0 Å². The molecular formula is C21H21N5O3. The lowest BCUT2D eigenvalue weighted by atomic mass is 10.0. The number of amides is 1. The van der Waals surface area contributed by atoms with E-state index in [1.807, 2.05) is 48.5 Å². The first-order valence-electron chi connectivity index (χ1n) is 9.15. The fourth-order valence-electron chi connectivity index (χ4n) is 3.22. The van der Waals surface area contributed by atoms with Crippen molar-refractivity contribution in [1.29, 1.82) is 0 Å². The first-order chi connectivity index (χ1) is 14.1. The molecule has 2 aromatic rings. The normalized spacial score (nSPS) is 19.9. The summed E-state index contributed by atoms with van der Waals surface area (Å²) in [6, 6.07) is 15.4. The third kappa shape index (κ3) is 4.02. The fraction of sp³-hybridized carbons (Fsp3) is 0.238. The van der Waals surface area contributed by atoms with E-state index in [1.165, 1.54) is 6.34 Å². The molecule has 2 aromatic carbocycles. The molecule has 0 saturated heterocycles. The van der Waals surface area contributed by atoms with Crippen LogP contribution in [0.1, 0.15) is 11.1 Å². The van der Waals surface area contributed by atoms with E-state index in [4.69, 9.17) is 14.5 Å². The molecule has 29 heavy (non-hydrogen) atoms. The molecule has 0 bridgehead atoms.